The topological polar surface area (TPSA) is 32.3 Å². The molecule has 0 aliphatic carbocycles. The largest absolute Gasteiger partial charge is 0.508 e. The molecule has 0 heterocycles. The zero-order valence-electron chi connectivity index (χ0n) is 8.25. The van der Waals surface area contributed by atoms with Gasteiger partial charge < -0.3 is 10.4 Å². The van der Waals surface area contributed by atoms with Gasteiger partial charge in [0.15, 0.2) is 0 Å². The zero-order valence-corrected chi connectivity index (χ0v) is 8.25. The number of hydrogen-bond acceptors (Lipinski definition) is 2. The van der Waals surface area contributed by atoms with Crippen molar-refractivity contribution in [2.24, 2.45) is 0 Å². The van der Waals surface area contributed by atoms with Crippen molar-refractivity contribution in [3.63, 3.8) is 0 Å². The fourth-order valence-electron chi connectivity index (χ4n) is 1.49. The molecular weight excluding hydrogens is 162 g/mol. The summed E-state index contributed by atoms with van der Waals surface area (Å²) in [6.45, 7) is 3.16. The van der Waals surface area contributed by atoms with E-state index in [0.717, 1.165) is 13.0 Å². The average molecular weight is 179 g/mol. The van der Waals surface area contributed by atoms with Gasteiger partial charge in [0.25, 0.3) is 0 Å². The Hall–Kier alpha value is -1.02. The predicted molar refractivity (Wildman–Crippen MR) is 55.1 cm³/mol. The molecule has 1 atom stereocenters. The van der Waals surface area contributed by atoms with Crippen LogP contribution in [-0.4, -0.2) is 18.7 Å². The standard InChI is InChI=1S/C11H17NO/c1-3-9(8-12-2)10-4-6-11(13)7-5-10/h4-7,9,12-13H,3,8H2,1-2H3. The highest BCUT2D eigenvalue weighted by molar-refractivity contribution is 5.28. The Morgan fingerprint density at radius 3 is 2.38 bits per heavy atom. The number of rotatable bonds is 4. The molecule has 1 rings (SSSR count). The van der Waals surface area contributed by atoms with Crippen LogP contribution >= 0.6 is 0 Å². The van der Waals surface area contributed by atoms with Crippen LogP contribution in [0, 0.1) is 0 Å². The maximum atomic E-state index is 9.13. The molecule has 0 saturated heterocycles. The van der Waals surface area contributed by atoms with Crippen LogP contribution in [0.1, 0.15) is 24.8 Å². The summed E-state index contributed by atoms with van der Waals surface area (Å²) in [7, 11) is 1.96. The fraction of sp³-hybridized carbons (Fsp3) is 0.455. The predicted octanol–water partition coefficient (Wildman–Crippen LogP) is 2.11. The van der Waals surface area contributed by atoms with Crippen LogP contribution in [0.15, 0.2) is 24.3 Å². The van der Waals surface area contributed by atoms with Gasteiger partial charge in [0.05, 0.1) is 0 Å². The van der Waals surface area contributed by atoms with Gasteiger partial charge >= 0.3 is 0 Å². The van der Waals surface area contributed by atoms with Gasteiger partial charge in [-0.1, -0.05) is 19.1 Å². The number of likely N-dealkylation sites (N-methyl/N-ethyl adjacent to an activating group) is 1. The highest BCUT2D eigenvalue weighted by Crippen LogP contribution is 2.20. The summed E-state index contributed by atoms with van der Waals surface area (Å²) in [6.07, 6.45) is 1.12. The molecule has 0 aliphatic rings. The van der Waals surface area contributed by atoms with E-state index in [-0.39, 0.29) is 0 Å². The first-order valence-electron chi connectivity index (χ1n) is 4.71. The number of aromatic hydroxyl groups is 1. The van der Waals surface area contributed by atoms with Crippen LogP contribution in [0.25, 0.3) is 0 Å². The number of benzene rings is 1. The SMILES string of the molecule is CCC(CNC)c1ccc(O)cc1. The van der Waals surface area contributed by atoms with E-state index < -0.39 is 0 Å². The lowest BCUT2D eigenvalue weighted by molar-refractivity contribution is 0.474. The molecule has 0 radical (unpaired) electrons. The van der Waals surface area contributed by atoms with E-state index in [0.29, 0.717) is 11.7 Å². The van der Waals surface area contributed by atoms with Gasteiger partial charge in [0, 0.05) is 6.54 Å². The van der Waals surface area contributed by atoms with Crippen molar-refractivity contribution in [2.75, 3.05) is 13.6 Å². The summed E-state index contributed by atoms with van der Waals surface area (Å²) in [5.41, 5.74) is 1.29. The molecule has 72 valence electrons. The smallest absolute Gasteiger partial charge is 0.115 e. The summed E-state index contributed by atoms with van der Waals surface area (Å²) in [5.74, 6) is 0.883. The van der Waals surface area contributed by atoms with E-state index in [4.69, 9.17) is 5.11 Å². The molecule has 0 saturated carbocycles. The Labute approximate surface area is 79.6 Å². The van der Waals surface area contributed by atoms with E-state index in [1.54, 1.807) is 12.1 Å². The molecule has 0 amide bonds. The quantitative estimate of drug-likeness (QED) is 0.742. The molecule has 0 spiro atoms. The molecule has 1 aromatic rings. The lowest BCUT2D eigenvalue weighted by Gasteiger charge is -2.14. The van der Waals surface area contributed by atoms with E-state index in [2.05, 4.69) is 12.2 Å². The number of phenols is 1. The summed E-state index contributed by atoms with van der Waals surface area (Å²) < 4.78 is 0. The third-order valence-corrected chi connectivity index (χ3v) is 2.31. The zero-order chi connectivity index (χ0) is 9.68. The molecule has 2 heteroatoms. The Morgan fingerprint density at radius 2 is 1.92 bits per heavy atom. The maximum Gasteiger partial charge on any atom is 0.115 e. The van der Waals surface area contributed by atoms with Crippen molar-refractivity contribution >= 4 is 0 Å². The average Bonchev–Trinajstić information content (AvgIpc) is 2.16. The van der Waals surface area contributed by atoms with Crippen LogP contribution in [0.2, 0.25) is 0 Å². The Morgan fingerprint density at radius 1 is 1.31 bits per heavy atom. The van der Waals surface area contributed by atoms with Crippen molar-refractivity contribution < 1.29 is 5.11 Å². The van der Waals surface area contributed by atoms with E-state index >= 15 is 0 Å². The molecule has 0 fully saturated rings. The lowest BCUT2D eigenvalue weighted by atomic mass is 9.96. The second kappa shape index (κ2) is 4.87. The van der Waals surface area contributed by atoms with Gasteiger partial charge in [-0.05, 0) is 37.1 Å². The molecule has 1 unspecified atom stereocenters. The molecule has 0 bridgehead atoms. The first-order chi connectivity index (χ1) is 6.27. The second-order valence-electron chi connectivity index (χ2n) is 3.25. The van der Waals surface area contributed by atoms with Gasteiger partial charge in [-0.25, -0.2) is 0 Å². The lowest BCUT2D eigenvalue weighted by Crippen LogP contribution is -2.16. The molecule has 2 N–H and O–H groups in total. The van der Waals surface area contributed by atoms with Gasteiger partial charge in [-0.15, -0.1) is 0 Å². The monoisotopic (exact) mass is 179 g/mol. The van der Waals surface area contributed by atoms with Gasteiger partial charge in [-0.2, -0.15) is 0 Å². The molecule has 1 aromatic carbocycles. The van der Waals surface area contributed by atoms with Crippen LogP contribution in [0.4, 0.5) is 0 Å². The molecular formula is C11H17NO. The maximum absolute atomic E-state index is 9.13. The van der Waals surface area contributed by atoms with Gasteiger partial charge in [-0.3, -0.25) is 0 Å². The van der Waals surface area contributed by atoms with Crippen molar-refractivity contribution in [2.45, 2.75) is 19.3 Å². The van der Waals surface area contributed by atoms with E-state index in [9.17, 15) is 0 Å². The summed E-state index contributed by atoms with van der Waals surface area (Å²) >= 11 is 0. The van der Waals surface area contributed by atoms with E-state index in [1.165, 1.54) is 5.56 Å². The Balaban J connectivity index is 2.73. The Kier molecular flexibility index (Phi) is 3.77. The van der Waals surface area contributed by atoms with Crippen LogP contribution in [-0.2, 0) is 0 Å². The minimum atomic E-state index is 0.336. The summed E-state index contributed by atoms with van der Waals surface area (Å²) in [5, 5.41) is 12.3. The number of phenolic OH excluding ortho intramolecular Hbond substituents is 1. The van der Waals surface area contributed by atoms with Crippen molar-refractivity contribution in [1.82, 2.24) is 5.32 Å². The minimum Gasteiger partial charge on any atom is -0.508 e. The highest BCUT2D eigenvalue weighted by atomic mass is 16.3. The third kappa shape index (κ3) is 2.74. The normalized spacial score (nSPS) is 12.8. The second-order valence-corrected chi connectivity index (χ2v) is 3.25. The first kappa shape index (κ1) is 10.1. The first-order valence-corrected chi connectivity index (χ1v) is 4.71. The third-order valence-electron chi connectivity index (χ3n) is 2.31. The van der Waals surface area contributed by atoms with Crippen LogP contribution < -0.4 is 5.32 Å². The molecule has 13 heavy (non-hydrogen) atoms. The number of hydrogen-bond donors (Lipinski definition) is 2. The van der Waals surface area contributed by atoms with Crippen LogP contribution in [0.5, 0.6) is 5.75 Å². The highest BCUT2D eigenvalue weighted by Gasteiger charge is 2.07. The number of nitrogens with one attached hydrogen (secondary N) is 1. The Bertz CT molecular complexity index is 243. The van der Waals surface area contributed by atoms with Gasteiger partial charge in [0.2, 0.25) is 0 Å². The van der Waals surface area contributed by atoms with Crippen molar-refractivity contribution in [3.05, 3.63) is 29.8 Å². The summed E-state index contributed by atoms with van der Waals surface area (Å²) in [4.78, 5) is 0. The molecule has 0 aliphatic heterocycles. The minimum absolute atomic E-state index is 0.336. The van der Waals surface area contributed by atoms with Crippen LogP contribution in [0.3, 0.4) is 0 Å². The summed E-state index contributed by atoms with van der Waals surface area (Å²) in [6, 6.07) is 7.46. The van der Waals surface area contributed by atoms with E-state index in [1.807, 2.05) is 19.2 Å². The fourth-order valence-corrected chi connectivity index (χ4v) is 1.49. The van der Waals surface area contributed by atoms with Crippen molar-refractivity contribution in [3.8, 4) is 5.75 Å². The molecule has 0 aromatic heterocycles. The van der Waals surface area contributed by atoms with Crippen molar-refractivity contribution in [1.29, 1.82) is 0 Å². The van der Waals surface area contributed by atoms with Gasteiger partial charge in [0.1, 0.15) is 5.75 Å². The molecule has 2 nitrogen and oxygen atoms in total.